The molecule has 1 fully saturated rings. The number of nitrogens with zero attached hydrogens (tertiary/aromatic N) is 3. The first-order valence-electron chi connectivity index (χ1n) is 7.93. The van der Waals surface area contributed by atoms with Gasteiger partial charge in [-0.05, 0) is 18.1 Å². The summed E-state index contributed by atoms with van der Waals surface area (Å²) in [5.41, 5.74) is 0.521. The normalized spacial score (nSPS) is 18.0. The Hall–Kier alpha value is -1.51. The topological polar surface area (TPSA) is 60.9 Å². The van der Waals surface area contributed by atoms with E-state index >= 15 is 0 Å². The molecule has 0 aliphatic carbocycles. The van der Waals surface area contributed by atoms with Crippen LogP contribution in [0.25, 0.3) is 0 Å². The van der Waals surface area contributed by atoms with Gasteiger partial charge in [0, 0.05) is 46.2 Å². The molecular formula is C16H24FN3O3S. The van der Waals surface area contributed by atoms with Crippen molar-refractivity contribution in [1.29, 1.82) is 0 Å². The van der Waals surface area contributed by atoms with E-state index < -0.39 is 10.2 Å². The predicted octanol–water partition coefficient (Wildman–Crippen LogP) is 0.955. The molecule has 0 radical (unpaired) electrons. The predicted molar refractivity (Wildman–Crippen MR) is 90.0 cm³/mol. The maximum Gasteiger partial charge on any atom is 0.281 e. The standard InChI is InChI=1S/C16H24FN3O3S/c1-13(12-14-6-4-5-7-15(14)17)16(21)19-8-10-20(11-9-19)24(22,23)18(2)3/h4-7,13H,8-12H2,1-3H3. The average molecular weight is 357 g/mol. The van der Waals surface area contributed by atoms with Crippen LogP contribution < -0.4 is 0 Å². The molecule has 0 bridgehead atoms. The zero-order valence-electron chi connectivity index (χ0n) is 14.3. The van der Waals surface area contributed by atoms with Crippen LogP contribution in [0.15, 0.2) is 24.3 Å². The van der Waals surface area contributed by atoms with Crippen LogP contribution in [0.1, 0.15) is 12.5 Å². The van der Waals surface area contributed by atoms with E-state index in [-0.39, 0.29) is 30.7 Å². The van der Waals surface area contributed by atoms with E-state index in [2.05, 4.69) is 0 Å². The Morgan fingerprint density at radius 3 is 2.33 bits per heavy atom. The maximum absolute atomic E-state index is 13.7. The average Bonchev–Trinajstić information content (AvgIpc) is 2.56. The summed E-state index contributed by atoms with van der Waals surface area (Å²) in [5, 5.41) is 0. The summed E-state index contributed by atoms with van der Waals surface area (Å²) in [5.74, 6) is -0.724. The van der Waals surface area contributed by atoms with E-state index in [0.29, 0.717) is 25.1 Å². The fraction of sp³-hybridized carbons (Fsp3) is 0.562. The largest absolute Gasteiger partial charge is 0.340 e. The number of carbonyl (C=O) groups is 1. The second-order valence-corrected chi connectivity index (χ2v) is 8.35. The van der Waals surface area contributed by atoms with Crippen LogP contribution in [0.5, 0.6) is 0 Å². The SMILES string of the molecule is CC(Cc1ccccc1F)C(=O)N1CCN(S(=O)(=O)N(C)C)CC1. The number of hydrogen-bond donors (Lipinski definition) is 0. The molecule has 0 spiro atoms. The van der Waals surface area contributed by atoms with Crippen LogP contribution in [0.4, 0.5) is 4.39 Å². The van der Waals surface area contributed by atoms with Gasteiger partial charge in [0.25, 0.3) is 10.2 Å². The third kappa shape index (κ3) is 4.12. The molecule has 24 heavy (non-hydrogen) atoms. The summed E-state index contributed by atoms with van der Waals surface area (Å²) in [7, 11) is -0.466. The minimum Gasteiger partial charge on any atom is -0.340 e. The van der Waals surface area contributed by atoms with Crippen LogP contribution in [0.2, 0.25) is 0 Å². The number of halogens is 1. The summed E-state index contributed by atoms with van der Waals surface area (Å²) in [6, 6.07) is 6.44. The molecule has 1 saturated heterocycles. The highest BCUT2D eigenvalue weighted by Crippen LogP contribution is 2.17. The summed E-state index contributed by atoms with van der Waals surface area (Å²) in [6.07, 6.45) is 0.335. The minimum absolute atomic E-state index is 0.0693. The molecule has 1 aliphatic rings. The molecule has 1 unspecified atom stereocenters. The van der Waals surface area contributed by atoms with Gasteiger partial charge in [-0.3, -0.25) is 4.79 Å². The molecule has 1 atom stereocenters. The van der Waals surface area contributed by atoms with Gasteiger partial charge in [-0.1, -0.05) is 25.1 Å². The van der Waals surface area contributed by atoms with Crippen molar-refractivity contribution in [3.05, 3.63) is 35.6 Å². The molecule has 1 aliphatic heterocycles. The van der Waals surface area contributed by atoms with Gasteiger partial charge in [-0.25, -0.2) is 4.39 Å². The minimum atomic E-state index is -3.44. The van der Waals surface area contributed by atoms with Crippen molar-refractivity contribution in [2.75, 3.05) is 40.3 Å². The van der Waals surface area contributed by atoms with E-state index in [1.54, 1.807) is 30.0 Å². The van der Waals surface area contributed by atoms with Gasteiger partial charge in [0.15, 0.2) is 0 Å². The Kier molecular flexibility index (Phi) is 5.95. The lowest BCUT2D eigenvalue weighted by Crippen LogP contribution is -2.54. The Labute approximate surface area is 143 Å². The van der Waals surface area contributed by atoms with Gasteiger partial charge in [0.1, 0.15) is 5.82 Å². The lowest BCUT2D eigenvalue weighted by atomic mass is 9.99. The van der Waals surface area contributed by atoms with Gasteiger partial charge in [-0.2, -0.15) is 17.0 Å². The van der Waals surface area contributed by atoms with Crippen LogP contribution >= 0.6 is 0 Å². The molecule has 1 heterocycles. The number of benzene rings is 1. The summed E-state index contributed by atoms with van der Waals surface area (Å²) in [4.78, 5) is 14.2. The first-order valence-corrected chi connectivity index (χ1v) is 9.33. The zero-order chi connectivity index (χ0) is 17.9. The molecule has 1 amide bonds. The molecular weight excluding hydrogens is 333 g/mol. The number of hydrogen-bond acceptors (Lipinski definition) is 3. The third-order valence-electron chi connectivity index (χ3n) is 4.24. The molecule has 0 N–H and O–H groups in total. The van der Waals surface area contributed by atoms with E-state index in [9.17, 15) is 17.6 Å². The summed E-state index contributed by atoms with van der Waals surface area (Å²) >= 11 is 0. The number of carbonyl (C=O) groups excluding carboxylic acids is 1. The lowest BCUT2D eigenvalue weighted by Gasteiger charge is -2.36. The molecule has 8 heteroatoms. The van der Waals surface area contributed by atoms with Crippen molar-refractivity contribution in [1.82, 2.24) is 13.5 Å². The zero-order valence-corrected chi connectivity index (χ0v) is 15.1. The van der Waals surface area contributed by atoms with E-state index in [0.717, 1.165) is 0 Å². The second-order valence-electron chi connectivity index (χ2n) is 6.21. The fourth-order valence-corrected chi connectivity index (χ4v) is 3.85. The molecule has 0 saturated carbocycles. The van der Waals surface area contributed by atoms with Crippen LogP contribution in [-0.2, 0) is 21.4 Å². The highest BCUT2D eigenvalue weighted by Gasteiger charge is 2.31. The lowest BCUT2D eigenvalue weighted by molar-refractivity contribution is -0.136. The Morgan fingerprint density at radius 1 is 1.21 bits per heavy atom. The van der Waals surface area contributed by atoms with Crippen molar-refractivity contribution in [3.8, 4) is 0 Å². The van der Waals surface area contributed by atoms with Gasteiger partial charge in [0.2, 0.25) is 5.91 Å². The molecule has 1 aromatic carbocycles. The molecule has 134 valence electrons. The second kappa shape index (κ2) is 7.58. The van der Waals surface area contributed by atoms with Gasteiger partial charge >= 0.3 is 0 Å². The Morgan fingerprint density at radius 2 is 1.79 bits per heavy atom. The van der Waals surface area contributed by atoms with Crippen LogP contribution in [0.3, 0.4) is 0 Å². The van der Waals surface area contributed by atoms with Crippen molar-refractivity contribution < 1.29 is 17.6 Å². The number of amides is 1. The molecule has 2 rings (SSSR count). The van der Waals surface area contributed by atoms with Crippen LogP contribution in [0, 0.1) is 11.7 Å². The van der Waals surface area contributed by atoms with E-state index in [1.165, 1.54) is 28.8 Å². The van der Waals surface area contributed by atoms with Crippen molar-refractivity contribution in [2.24, 2.45) is 5.92 Å². The van der Waals surface area contributed by atoms with E-state index in [1.807, 2.05) is 0 Å². The smallest absolute Gasteiger partial charge is 0.281 e. The van der Waals surface area contributed by atoms with Gasteiger partial charge in [-0.15, -0.1) is 0 Å². The summed E-state index contributed by atoms with van der Waals surface area (Å²) < 4.78 is 40.4. The summed E-state index contributed by atoms with van der Waals surface area (Å²) in [6.45, 7) is 3.04. The Balaban J connectivity index is 1.94. The first-order chi connectivity index (χ1) is 11.2. The van der Waals surface area contributed by atoms with E-state index in [4.69, 9.17) is 0 Å². The number of piperazine rings is 1. The quantitative estimate of drug-likeness (QED) is 0.788. The third-order valence-corrected chi connectivity index (χ3v) is 6.18. The maximum atomic E-state index is 13.7. The highest BCUT2D eigenvalue weighted by atomic mass is 32.2. The first kappa shape index (κ1) is 18.8. The highest BCUT2D eigenvalue weighted by molar-refractivity contribution is 7.86. The van der Waals surface area contributed by atoms with Crippen molar-refractivity contribution >= 4 is 16.1 Å². The molecule has 6 nitrogen and oxygen atoms in total. The fourth-order valence-electron chi connectivity index (χ4n) is 2.76. The van der Waals surface area contributed by atoms with Crippen molar-refractivity contribution in [2.45, 2.75) is 13.3 Å². The Bertz CT molecular complexity index is 686. The number of rotatable bonds is 5. The van der Waals surface area contributed by atoms with Crippen LogP contribution in [-0.4, -0.2) is 68.1 Å². The van der Waals surface area contributed by atoms with Gasteiger partial charge in [0.05, 0.1) is 0 Å². The molecule has 1 aromatic rings. The monoisotopic (exact) mass is 357 g/mol. The van der Waals surface area contributed by atoms with Crippen molar-refractivity contribution in [3.63, 3.8) is 0 Å². The van der Waals surface area contributed by atoms with Gasteiger partial charge < -0.3 is 4.90 Å². The molecule has 0 aromatic heterocycles.